The molecular weight excluding hydrogens is 673 g/mol. The molecular formula is C56H100. The molecule has 0 amide bonds. The van der Waals surface area contributed by atoms with Crippen molar-refractivity contribution < 1.29 is 0 Å². The molecule has 0 saturated heterocycles. The molecule has 4 unspecified atom stereocenters. The molecule has 0 aliphatic heterocycles. The molecule has 0 heteroatoms. The summed E-state index contributed by atoms with van der Waals surface area (Å²) in [7, 11) is 0. The predicted molar refractivity (Wildman–Crippen MR) is 255 cm³/mol. The molecule has 4 atom stereocenters. The fraction of sp³-hybridized carbons (Fsp3) is 0.821. The standard InChI is InChI=1S/2C11H18.C9H16.C8H14.C7H14.5C2H4/c1-11-5-8-2-9(6-11)4-10(3-8)7-11;1-7-10-3-8-2-9(5-10)6-11(7)4-8;1-7-6-8-2-4-9(7)5-3-8;1-6-4-7-2-3-8(6)5-7;1-7-5-3-2-4-6-7;5*1-2/h8-10H,2-7H2,1H3;7-11H,2-6H2,1H3;7-9H,2-6H2,1H3;6-8H,2-5H2,1H3;7H,2-6H2,1H3;5*1-2H2. The second kappa shape index (κ2) is 26.7. The highest BCUT2D eigenvalue weighted by Gasteiger charge is 2.48. The molecule has 56 heavy (non-hydrogen) atoms. The van der Waals surface area contributed by atoms with Crippen LogP contribution in [0.5, 0.6) is 0 Å². The molecule has 0 N–H and O–H groups in total. The van der Waals surface area contributed by atoms with Crippen LogP contribution in [0.3, 0.4) is 0 Å². The van der Waals surface area contributed by atoms with Gasteiger partial charge in [0.15, 0.2) is 0 Å². The van der Waals surface area contributed by atoms with E-state index in [-0.39, 0.29) is 0 Å². The molecule has 0 nitrogen and oxygen atoms in total. The highest BCUT2D eigenvalue weighted by atomic mass is 14.5. The first-order chi connectivity index (χ1) is 27.2. The molecule has 0 radical (unpaired) electrons. The van der Waals surface area contributed by atoms with Crippen molar-refractivity contribution in [3.8, 4) is 0 Å². The smallest absolute Gasteiger partial charge is 0.0318 e. The zero-order chi connectivity index (χ0) is 41.8. The maximum absolute atomic E-state index is 3.00. The van der Waals surface area contributed by atoms with E-state index in [4.69, 9.17) is 0 Å². The van der Waals surface area contributed by atoms with Crippen molar-refractivity contribution in [1.82, 2.24) is 0 Å². The van der Waals surface area contributed by atoms with E-state index in [9.17, 15) is 0 Å². The minimum absolute atomic E-state index is 0.800. The van der Waals surface area contributed by atoms with E-state index >= 15 is 0 Å². The van der Waals surface area contributed by atoms with E-state index in [0.717, 1.165) is 94.2 Å². The third kappa shape index (κ3) is 15.1. The normalized spacial score (nSPS) is 42.7. The van der Waals surface area contributed by atoms with Crippen molar-refractivity contribution in [2.24, 2.45) is 94.2 Å². The monoisotopic (exact) mass is 773 g/mol. The van der Waals surface area contributed by atoms with Gasteiger partial charge in [0, 0.05) is 0 Å². The van der Waals surface area contributed by atoms with Crippen LogP contribution < -0.4 is 0 Å². The lowest BCUT2D eigenvalue weighted by molar-refractivity contribution is -0.0411. The van der Waals surface area contributed by atoms with Crippen LogP contribution in [-0.2, 0) is 0 Å². The Hall–Kier alpha value is -1.30. The molecule has 14 rings (SSSR count). The van der Waals surface area contributed by atoms with Gasteiger partial charge in [0.05, 0.1) is 0 Å². The van der Waals surface area contributed by atoms with Crippen LogP contribution in [-0.4, -0.2) is 0 Å². The first kappa shape index (κ1) is 50.8. The van der Waals surface area contributed by atoms with Gasteiger partial charge in [-0.1, -0.05) is 86.0 Å². The summed E-state index contributed by atoms with van der Waals surface area (Å²) in [4.78, 5) is 0. The van der Waals surface area contributed by atoms with Gasteiger partial charge in [0.25, 0.3) is 0 Å². The van der Waals surface area contributed by atoms with Gasteiger partial charge in [0.2, 0.25) is 0 Å². The van der Waals surface area contributed by atoms with Crippen molar-refractivity contribution in [3.05, 3.63) is 65.8 Å². The molecule has 0 aromatic rings. The summed E-state index contributed by atoms with van der Waals surface area (Å²) in [6, 6.07) is 0. The SMILES string of the molecule is C=C.C=C.C=C.C=C.C=C.CC12CC3CC(CC(C3)C1)C2.CC1C2CC3CC(C2)CC1C3.CC1CC2CCC1C2.CC1CC2CCC1CC2.CC1CCCCC1. The van der Waals surface area contributed by atoms with Gasteiger partial charge in [0.1, 0.15) is 0 Å². The lowest BCUT2D eigenvalue weighted by atomic mass is 9.50. The first-order valence-corrected chi connectivity index (χ1v) is 24.7. The summed E-state index contributed by atoms with van der Waals surface area (Å²) in [5.41, 5.74) is 0.800. The maximum atomic E-state index is 3.00. The van der Waals surface area contributed by atoms with Crippen LogP contribution in [0.2, 0.25) is 0 Å². The number of hydrogen-bond donors (Lipinski definition) is 0. The Balaban J connectivity index is 0.000000231. The zero-order valence-electron chi connectivity index (χ0n) is 38.9. The Morgan fingerprint density at radius 3 is 0.929 bits per heavy atom. The van der Waals surface area contributed by atoms with Gasteiger partial charge < -0.3 is 0 Å². The van der Waals surface area contributed by atoms with Crippen LogP contribution in [0.1, 0.15) is 195 Å². The van der Waals surface area contributed by atoms with E-state index in [1.54, 1.807) is 128 Å². The molecule has 0 spiro atoms. The van der Waals surface area contributed by atoms with Gasteiger partial charge in [-0.25, -0.2) is 0 Å². The van der Waals surface area contributed by atoms with Crippen molar-refractivity contribution in [3.63, 3.8) is 0 Å². The maximum Gasteiger partial charge on any atom is -0.0318 e. The largest absolute Gasteiger partial charge is 0.106 e. The third-order valence-corrected chi connectivity index (χ3v) is 17.4. The molecule has 14 fully saturated rings. The molecule has 14 saturated carbocycles. The van der Waals surface area contributed by atoms with Crippen molar-refractivity contribution in [2.45, 2.75) is 195 Å². The Morgan fingerprint density at radius 2 is 0.679 bits per heavy atom. The van der Waals surface area contributed by atoms with Crippen molar-refractivity contribution in [2.75, 3.05) is 0 Å². The topological polar surface area (TPSA) is 0 Å². The van der Waals surface area contributed by atoms with E-state index in [1.165, 1.54) is 32.1 Å². The molecule has 14 aliphatic rings. The Kier molecular flexibility index (Phi) is 24.3. The zero-order valence-corrected chi connectivity index (χ0v) is 38.9. The van der Waals surface area contributed by atoms with E-state index in [1.807, 2.05) is 0 Å². The number of hydrogen-bond acceptors (Lipinski definition) is 0. The van der Waals surface area contributed by atoms with E-state index in [0.29, 0.717) is 0 Å². The van der Waals surface area contributed by atoms with Crippen molar-refractivity contribution >= 4 is 0 Å². The third-order valence-electron chi connectivity index (χ3n) is 17.4. The van der Waals surface area contributed by atoms with Crippen LogP contribution >= 0.6 is 0 Å². The number of fused-ring (bicyclic) bond motifs is 5. The summed E-state index contributed by atoms with van der Waals surface area (Å²) in [5.74, 6) is 16.8. The minimum atomic E-state index is 0.800. The molecule has 14 aliphatic carbocycles. The van der Waals surface area contributed by atoms with Gasteiger partial charge in [-0.3, -0.25) is 0 Å². The van der Waals surface area contributed by atoms with Crippen LogP contribution in [0, 0.1) is 94.2 Å². The Morgan fingerprint density at radius 1 is 0.321 bits per heavy atom. The highest BCUT2D eigenvalue weighted by Crippen LogP contribution is 2.60. The fourth-order valence-electron chi connectivity index (χ4n) is 15.3. The lowest BCUT2D eigenvalue weighted by Crippen LogP contribution is -2.44. The Labute approximate surface area is 353 Å². The summed E-state index contributed by atoms with van der Waals surface area (Å²) in [6.45, 7) is 42.3. The van der Waals surface area contributed by atoms with Gasteiger partial charge in [-0.15, -0.1) is 65.8 Å². The summed E-state index contributed by atoms with van der Waals surface area (Å²) in [6.07, 6.45) is 38.8. The lowest BCUT2D eigenvalue weighted by Gasteiger charge is -2.55. The van der Waals surface area contributed by atoms with E-state index in [2.05, 4.69) is 100 Å². The van der Waals surface area contributed by atoms with E-state index < -0.39 is 0 Å². The molecule has 0 aromatic carbocycles. The second-order valence-electron chi connectivity index (χ2n) is 21.4. The van der Waals surface area contributed by atoms with Crippen LogP contribution in [0.4, 0.5) is 0 Å². The summed E-state index contributed by atoms with van der Waals surface area (Å²) >= 11 is 0. The van der Waals surface area contributed by atoms with Gasteiger partial charge in [-0.2, -0.15) is 0 Å². The van der Waals surface area contributed by atoms with Crippen LogP contribution in [0.25, 0.3) is 0 Å². The quantitative estimate of drug-likeness (QED) is 0.215. The van der Waals surface area contributed by atoms with Crippen molar-refractivity contribution in [1.29, 1.82) is 0 Å². The first-order valence-electron chi connectivity index (χ1n) is 24.7. The molecule has 0 aromatic heterocycles. The molecule has 12 bridgehead atoms. The van der Waals surface area contributed by atoms with Gasteiger partial charge in [-0.05, 0) is 203 Å². The highest BCUT2D eigenvalue weighted by molar-refractivity contribution is 4.99. The average Bonchev–Trinajstić information content (AvgIpc) is 3.84. The molecule has 324 valence electrons. The minimum Gasteiger partial charge on any atom is -0.106 e. The average molecular weight is 773 g/mol. The summed E-state index contributed by atoms with van der Waals surface area (Å²) in [5, 5.41) is 0. The predicted octanol–water partition coefficient (Wildman–Crippen LogP) is 18.2. The van der Waals surface area contributed by atoms with Crippen LogP contribution in [0.15, 0.2) is 65.8 Å². The van der Waals surface area contributed by atoms with Gasteiger partial charge >= 0.3 is 0 Å². The summed E-state index contributed by atoms with van der Waals surface area (Å²) < 4.78 is 0. The fourth-order valence-corrected chi connectivity index (χ4v) is 15.3. The molecule has 0 heterocycles. The number of rotatable bonds is 0. The Bertz CT molecular complexity index is 930. The second-order valence-corrected chi connectivity index (χ2v) is 21.4.